The summed E-state index contributed by atoms with van der Waals surface area (Å²) < 4.78 is 22.7. The van der Waals surface area contributed by atoms with Gasteiger partial charge >= 0.3 is 0 Å². The zero-order valence-corrected chi connectivity index (χ0v) is 11.7. The molecule has 1 saturated heterocycles. The molecule has 1 aromatic heterocycles. The number of nitrogen functional groups attached to an aromatic ring is 1. The summed E-state index contributed by atoms with van der Waals surface area (Å²) in [6.07, 6.45) is 1.20. The highest BCUT2D eigenvalue weighted by molar-refractivity contribution is 7.91. The molecule has 0 radical (unpaired) electrons. The Morgan fingerprint density at radius 2 is 1.95 bits per heavy atom. The Kier molecular flexibility index (Phi) is 4.08. The molecule has 4 N–H and O–H groups in total. The van der Waals surface area contributed by atoms with Gasteiger partial charge in [-0.3, -0.25) is 0 Å². The maximum atomic E-state index is 11.4. The van der Waals surface area contributed by atoms with Gasteiger partial charge in [-0.2, -0.15) is 9.97 Å². The number of rotatable bonds is 4. The summed E-state index contributed by atoms with van der Waals surface area (Å²) in [5.74, 6) is 1.95. The van der Waals surface area contributed by atoms with Gasteiger partial charge in [0.15, 0.2) is 0 Å². The van der Waals surface area contributed by atoms with Crippen LogP contribution in [0.15, 0.2) is 6.07 Å². The second-order valence-electron chi connectivity index (χ2n) is 4.60. The van der Waals surface area contributed by atoms with E-state index < -0.39 is 9.84 Å². The summed E-state index contributed by atoms with van der Waals surface area (Å²) in [5.41, 5.74) is 5.64. The van der Waals surface area contributed by atoms with E-state index in [0.29, 0.717) is 24.5 Å². The maximum Gasteiger partial charge on any atom is 0.223 e. The Labute approximate surface area is 112 Å². The van der Waals surface area contributed by atoms with Crippen LogP contribution in [0.2, 0.25) is 0 Å². The molecule has 1 aliphatic rings. The molecular weight excluding hydrogens is 266 g/mol. The summed E-state index contributed by atoms with van der Waals surface area (Å²) in [7, 11) is -2.84. The van der Waals surface area contributed by atoms with Gasteiger partial charge in [-0.25, -0.2) is 8.42 Å². The van der Waals surface area contributed by atoms with Crippen LogP contribution in [0.4, 0.5) is 17.6 Å². The van der Waals surface area contributed by atoms with Crippen LogP contribution in [0.25, 0.3) is 0 Å². The highest BCUT2D eigenvalue weighted by atomic mass is 32.2. The lowest BCUT2D eigenvalue weighted by Crippen LogP contribution is -2.32. The van der Waals surface area contributed by atoms with Gasteiger partial charge in [0.25, 0.3) is 0 Å². The minimum absolute atomic E-state index is 0.118. The average Bonchev–Trinajstić information content (AvgIpc) is 2.32. The van der Waals surface area contributed by atoms with Crippen molar-refractivity contribution in [3.8, 4) is 0 Å². The lowest BCUT2D eigenvalue weighted by molar-refractivity contribution is 0.559. The van der Waals surface area contributed by atoms with Crippen LogP contribution in [-0.4, -0.2) is 42.5 Å². The molecule has 1 aromatic rings. The fourth-order valence-corrected chi connectivity index (χ4v) is 3.55. The van der Waals surface area contributed by atoms with Crippen molar-refractivity contribution in [2.75, 3.05) is 34.4 Å². The Bertz CT molecular complexity index is 532. The highest BCUT2D eigenvalue weighted by Gasteiger charge is 2.23. The monoisotopic (exact) mass is 285 g/mol. The van der Waals surface area contributed by atoms with Crippen molar-refractivity contribution in [3.05, 3.63) is 6.07 Å². The standard InChI is InChI=1S/C11H19N5O2S/c1-2-13-9-7-10(16-11(12)15-9)14-8-3-5-19(17,18)6-4-8/h7-8H,2-6H2,1H3,(H4,12,13,14,15,16). The number of aromatic nitrogens is 2. The first-order valence-electron chi connectivity index (χ1n) is 6.34. The van der Waals surface area contributed by atoms with Crippen molar-refractivity contribution >= 4 is 27.4 Å². The second-order valence-corrected chi connectivity index (χ2v) is 6.90. The molecule has 0 aromatic carbocycles. The summed E-state index contributed by atoms with van der Waals surface area (Å²) in [6, 6.07) is 1.90. The van der Waals surface area contributed by atoms with Gasteiger partial charge in [-0.15, -0.1) is 0 Å². The van der Waals surface area contributed by atoms with Crippen molar-refractivity contribution in [1.82, 2.24) is 9.97 Å². The van der Waals surface area contributed by atoms with Crippen LogP contribution in [0.5, 0.6) is 0 Å². The van der Waals surface area contributed by atoms with Crippen molar-refractivity contribution in [2.45, 2.75) is 25.8 Å². The van der Waals surface area contributed by atoms with Gasteiger partial charge in [0.1, 0.15) is 21.5 Å². The quantitative estimate of drug-likeness (QED) is 0.738. The number of anilines is 3. The third kappa shape index (κ3) is 3.95. The summed E-state index contributed by atoms with van der Waals surface area (Å²) in [5, 5.41) is 6.29. The molecule has 0 unspecified atom stereocenters. The molecule has 0 saturated carbocycles. The van der Waals surface area contributed by atoms with E-state index in [1.165, 1.54) is 0 Å². The molecule has 1 aliphatic heterocycles. The number of nitrogens with one attached hydrogen (secondary N) is 2. The molecule has 106 valence electrons. The van der Waals surface area contributed by atoms with Gasteiger partial charge in [-0.05, 0) is 19.8 Å². The first kappa shape index (κ1) is 13.9. The molecule has 0 amide bonds. The summed E-state index contributed by atoms with van der Waals surface area (Å²) in [6.45, 7) is 2.72. The number of hydrogen-bond donors (Lipinski definition) is 3. The second kappa shape index (κ2) is 5.60. The maximum absolute atomic E-state index is 11.4. The average molecular weight is 285 g/mol. The van der Waals surface area contributed by atoms with Crippen molar-refractivity contribution < 1.29 is 8.42 Å². The topological polar surface area (TPSA) is 110 Å². The van der Waals surface area contributed by atoms with Crippen LogP contribution in [0.3, 0.4) is 0 Å². The molecule has 0 spiro atoms. The van der Waals surface area contributed by atoms with Gasteiger partial charge in [-0.1, -0.05) is 0 Å². The van der Waals surface area contributed by atoms with Crippen LogP contribution >= 0.6 is 0 Å². The molecule has 7 nitrogen and oxygen atoms in total. The minimum Gasteiger partial charge on any atom is -0.370 e. The molecule has 0 atom stereocenters. The van der Waals surface area contributed by atoms with Gasteiger partial charge < -0.3 is 16.4 Å². The van der Waals surface area contributed by atoms with Crippen molar-refractivity contribution in [3.63, 3.8) is 0 Å². The lowest BCUT2D eigenvalue weighted by Gasteiger charge is -2.23. The Morgan fingerprint density at radius 1 is 1.32 bits per heavy atom. The fraction of sp³-hybridized carbons (Fsp3) is 0.636. The SMILES string of the molecule is CCNc1cc(NC2CCS(=O)(=O)CC2)nc(N)n1. The molecule has 2 rings (SSSR count). The highest BCUT2D eigenvalue weighted by Crippen LogP contribution is 2.19. The molecule has 19 heavy (non-hydrogen) atoms. The number of hydrogen-bond acceptors (Lipinski definition) is 7. The van der Waals surface area contributed by atoms with Gasteiger partial charge in [0.2, 0.25) is 5.95 Å². The van der Waals surface area contributed by atoms with E-state index in [2.05, 4.69) is 20.6 Å². The number of nitrogens with two attached hydrogens (primary N) is 1. The fourth-order valence-electron chi connectivity index (χ4n) is 2.06. The Balaban J connectivity index is 2.03. The Morgan fingerprint density at radius 3 is 2.58 bits per heavy atom. The largest absolute Gasteiger partial charge is 0.370 e. The van der Waals surface area contributed by atoms with E-state index in [1.54, 1.807) is 6.07 Å². The van der Waals surface area contributed by atoms with Crippen LogP contribution < -0.4 is 16.4 Å². The van der Waals surface area contributed by atoms with Gasteiger partial charge in [0.05, 0.1) is 11.5 Å². The Hall–Kier alpha value is -1.57. The van der Waals surface area contributed by atoms with Crippen molar-refractivity contribution in [2.24, 2.45) is 0 Å². The molecule has 0 bridgehead atoms. The zero-order valence-electron chi connectivity index (χ0n) is 10.9. The van der Waals surface area contributed by atoms with Crippen LogP contribution in [0.1, 0.15) is 19.8 Å². The molecule has 2 heterocycles. The van der Waals surface area contributed by atoms with E-state index in [0.717, 1.165) is 6.54 Å². The first-order chi connectivity index (χ1) is 8.98. The van der Waals surface area contributed by atoms with Crippen molar-refractivity contribution in [1.29, 1.82) is 0 Å². The predicted molar refractivity (Wildman–Crippen MR) is 75.9 cm³/mol. The normalized spacial score (nSPS) is 19.0. The first-order valence-corrected chi connectivity index (χ1v) is 8.16. The lowest BCUT2D eigenvalue weighted by atomic mass is 10.1. The van der Waals surface area contributed by atoms with E-state index in [9.17, 15) is 8.42 Å². The summed E-state index contributed by atoms with van der Waals surface area (Å²) >= 11 is 0. The smallest absolute Gasteiger partial charge is 0.223 e. The van der Waals surface area contributed by atoms with E-state index >= 15 is 0 Å². The third-order valence-corrected chi connectivity index (χ3v) is 4.72. The molecule has 0 aliphatic carbocycles. The van der Waals surface area contributed by atoms with E-state index in [4.69, 9.17) is 5.73 Å². The number of nitrogens with zero attached hydrogens (tertiary/aromatic N) is 2. The molecular formula is C11H19N5O2S. The molecule has 8 heteroatoms. The molecule has 1 fully saturated rings. The summed E-state index contributed by atoms with van der Waals surface area (Å²) in [4.78, 5) is 8.17. The minimum atomic E-state index is -2.84. The van der Waals surface area contributed by atoms with Crippen LogP contribution in [0, 0.1) is 0 Å². The van der Waals surface area contributed by atoms with Crippen LogP contribution in [-0.2, 0) is 9.84 Å². The third-order valence-electron chi connectivity index (χ3n) is 3.01. The van der Waals surface area contributed by atoms with E-state index in [-0.39, 0.29) is 23.5 Å². The number of sulfone groups is 1. The predicted octanol–water partition coefficient (Wildman–Crippen LogP) is 0.480. The van der Waals surface area contributed by atoms with Gasteiger partial charge in [0, 0.05) is 18.7 Å². The van der Waals surface area contributed by atoms with E-state index in [1.807, 2.05) is 6.92 Å². The zero-order chi connectivity index (χ0) is 13.9.